The zero-order chi connectivity index (χ0) is 8.69. The standard InChI is InChI=1S/C6H10O.2C2H6/c1-2-5-4-6(3-1)7-5;2*1-2/h5-6H,1-4H2;2*1-2H3. The highest BCUT2D eigenvalue weighted by Crippen LogP contribution is 2.33. The maximum atomic E-state index is 5.38. The van der Waals surface area contributed by atoms with Crippen LogP contribution in [0.1, 0.15) is 53.4 Å². The second kappa shape index (κ2) is 6.66. The smallest absolute Gasteiger partial charge is 0.0603 e. The third-order valence-electron chi connectivity index (χ3n) is 1.96. The zero-order valence-electron chi connectivity index (χ0n) is 8.39. The van der Waals surface area contributed by atoms with Crippen molar-refractivity contribution in [1.82, 2.24) is 0 Å². The normalized spacial score (nSPS) is 31.6. The van der Waals surface area contributed by atoms with Crippen molar-refractivity contribution in [3.63, 3.8) is 0 Å². The molecule has 0 aromatic carbocycles. The maximum Gasteiger partial charge on any atom is 0.0603 e. The fourth-order valence-electron chi connectivity index (χ4n) is 1.50. The monoisotopic (exact) mass is 158 g/mol. The molecule has 68 valence electrons. The van der Waals surface area contributed by atoms with E-state index in [9.17, 15) is 0 Å². The van der Waals surface area contributed by atoms with Gasteiger partial charge >= 0.3 is 0 Å². The number of hydrogen-bond acceptors (Lipinski definition) is 1. The molecule has 0 N–H and O–H groups in total. The van der Waals surface area contributed by atoms with E-state index in [1.165, 1.54) is 25.7 Å². The summed E-state index contributed by atoms with van der Waals surface area (Å²) in [5.41, 5.74) is 0. The van der Waals surface area contributed by atoms with Crippen molar-refractivity contribution >= 4 is 0 Å². The van der Waals surface area contributed by atoms with Gasteiger partial charge in [0.2, 0.25) is 0 Å². The van der Waals surface area contributed by atoms with Gasteiger partial charge in [0, 0.05) is 0 Å². The molecule has 2 saturated heterocycles. The van der Waals surface area contributed by atoms with E-state index in [2.05, 4.69) is 0 Å². The van der Waals surface area contributed by atoms with E-state index >= 15 is 0 Å². The Morgan fingerprint density at radius 1 is 0.909 bits per heavy atom. The lowest BCUT2D eigenvalue weighted by atomic mass is 9.89. The predicted octanol–water partition coefficient (Wildman–Crippen LogP) is 3.38. The van der Waals surface area contributed by atoms with Gasteiger partial charge < -0.3 is 4.74 Å². The van der Waals surface area contributed by atoms with Crippen LogP contribution in [-0.4, -0.2) is 12.2 Å². The largest absolute Gasteiger partial charge is 0.375 e. The first-order chi connectivity index (χ1) is 5.45. The van der Waals surface area contributed by atoms with Crippen LogP contribution in [0.5, 0.6) is 0 Å². The Morgan fingerprint density at radius 3 is 1.36 bits per heavy atom. The van der Waals surface area contributed by atoms with Crippen LogP contribution in [0.2, 0.25) is 0 Å². The molecule has 1 aliphatic carbocycles. The fraction of sp³-hybridized carbons (Fsp3) is 1.00. The molecule has 1 heteroatoms. The summed E-state index contributed by atoms with van der Waals surface area (Å²) in [6, 6.07) is 0. The highest BCUT2D eigenvalue weighted by molar-refractivity contribution is 4.82. The second-order valence-corrected chi connectivity index (χ2v) is 2.55. The van der Waals surface area contributed by atoms with E-state index in [1.54, 1.807) is 0 Å². The van der Waals surface area contributed by atoms with Gasteiger partial charge in [0.15, 0.2) is 0 Å². The van der Waals surface area contributed by atoms with Gasteiger partial charge in [-0.15, -0.1) is 0 Å². The molecule has 2 atom stereocenters. The molecule has 0 aromatic heterocycles. The van der Waals surface area contributed by atoms with E-state index in [1.807, 2.05) is 27.7 Å². The van der Waals surface area contributed by atoms with Crippen molar-refractivity contribution in [2.45, 2.75) is 65.6 Å². The van der Waals surface area contributed by atoms with Crippen molar-refractivity contribution < 1.29 is 4.74 Å². The number of hydrogen-bond donors (Lipinski definition) is 0. The van der Waals surface area contributed by atoms with Gasteiger partial charge in [0.1, 0.15) is 0 Å². The minimum absolute atomic E-state index is 0.679. The molecule has 1 saturated carbocycles. The van der Waals surface area contributed by atoms with Crippen LogP contribution in [0.25, 0.3) is 0 Å². The zero-order valence-corrected chi connectivity index (χ0v) is 8.39. The van der Waals surface area contributed by atoms with E-state index in [-0.39, 0.29) is 0 Å². The SMILES string of the molecule is C1CC2CC(C1)O2.CC.CC. The van der Waals surface area contributed by atoms with Crippen molar-refractivity contribution in [1.29, 1.82) is 0 Å². The molecular formula is C10H22O. The molecule has 0 amide bonds. The molecule has 2 bridgehead atoms. The summed E-state index contributed by atoms with van der Waals surface area (Å²) in [7, 11) is 0. The molecular weight excluding hydrogens is 136 g/mol. The topological polar surface area (TPSA) is 9.23 Å². The average molecular weight is 158 g/mol. The molecule has 3 rings (SSSR count). The van der Waals surface area contributed by atoms with Crippen LogP contribution >= 0.6 is 0 Å². The summed E-state index contributed by atoms with van der Waals surface area (Å²) in [5, 5.41) is 0. The van der Waals surface area contributed by atoms with Gasteiger partial charge in [-0.3, -0.25) is 0 Å². The minimum Gasteiger partial charge on any atom is -0.375 e. The first kappa shape index (κ1) is 11.0. The average Bonchev–Trinajstić information content (AvgIpc) is 2.12. The lowest BCUT2D eigenvalue weighted by Crippen LogP contribution is -2.41. The Balaban J connectivity index is 0.000000222. The van der Waals surface area contributed by atoms with Gasteiger partial charge in [-0.1, -0.05) is 27.7 Å². The second-order valence-electron chi connectivity index (χ2n) is 2.55. The van der Waals surface area contributed by atoms with Gasteiger partial charge in [-0.05, 0) is 25.7 Å². The van der Waals surface area contributed by atoms with Crippen molar-refractivity contribution in [3.05, 3.63) is 0 Å². The third-order valence-corrected chi connectivity index (χ3v) is 1.96. The molecule has 0 spiro atoms. The summed E-state index contributed by atoms with van der Waals surface area (Å²) in [4.78, 5) is 0. The molecule has 3 aliphatic rings. The number of rotatable bonds is 0. The summed E-state index contributed by atoms with van der Waals surface area (Å²) < 4.78 is 5.38. The van der Waals surface area contributed by atoms with Crippen molar-refractivity contribution in [2.75, 3.05) is 0 Å². The fourth-order valence-corrected chi connectivity index (χ4v) is 1.50. The van der Waals surface area contributed by atoms with Gasteiger partial charge in [-0.2, -0.15) is 0 Å². The van der Waals surface area contributed by atoms with Gasteiger partial charge in [0.05, 0.1) is 12.2 Å². The predicted molar refractivity (Wildman–Crippen MR) is 49.8 cm³/mol. The molecule has 0 radical (unpaired) electrons. The molecule has 2 heterocycles. The Kier molecular flexibility index (Phi) is 6.63. The molecule has 2 unspecified atom stereocenters. The lowest BCUT2D eigenvalue weighted by Gasteiger charge is -2.41. The molecule has 2 aliphatic heterocycles. The van der Waals surface area contributed by atoms with E-state index in [0.29, 0.717) is 12.2 Å². The van der Waals surface area contributed by atoms with Crippen molar-refractivity contribution in [2.24, 2.45) is 0 Å². The summed E-state index contributed by atoms with van der Waals surface area (Å²) in [5.74, 6) is 0. The molecule has 11 heavy (non-hydrogen) atoms. The summed E-state index contributed by atoms with van der Waals surface area (Å²) in [6.45, 7) is 8.00. The highest BCUT2D eigenvalue weighted by Gasteiger charge is 2.33. The Hall–Kier alpha value is -0.0400. The van der Waals surface area contributed by atoms with Crippen LogP contribution in [-0.2, 0) is 4.74 Å². The van der Waals surface area contributed by atoms with Crippen molar-refractivity contribution in [3.8, 4) is 0 Å². The van der Waals surface area contributed by atoms with E-state index < -0.39 is 0 Å². The summed E-state index contributed by atoms with van der Waals surface area (Å²) >= 11 is 0. The molecule has 1 nitrogen and oxygen atoms in total. The highest BCUT2D eigenvalue weighted by atomic mass is 16.5. The first-order valence-electron chi connectivity index (χ1n) is 5.10. The molecule has 3 fully saturated rings. The lowest BCUT2D eigenvalue weighted by molar-refractivity contribution is -0.155. The number of fused-ring (bicyclic) bond motifs is 2. The minimum atomic E-state index is 0.679. The maximum absolute atomic E-state index is 5.38. The quantitative estimate of drug-likeness (QED) is 0.525. The van der Waals surface area contributed by atoms with Gasteiger partial charge in [-0.25, -0.2) is 0 Å². The van der Waals surface area contributed by atoms with Crippen LogP contribution in [0, 0.1) is 0 Å². The van der Waals surface area contributed by atoms with E-state index in [0.717, 1.165) is 0 Å². The Labute approximate surface area is 71.1 Å². The third kappa shape index (κ3) is 3.24. The van der Waals surface area contributed by atoms with Crippen LogP contribution in [0.4, 0.5) is 0 Å². The van der Waals surface area contributed by atoms with Crippen LogP contribution in [0.3, 0.4) is 0 Å². The van der Waals surface area contributed by atoms with E-state index in [4.69, 9.17) is 4.74 Å². The Bertz CT molecular complexity index is 61.4. The van der Waals surface area contributed by atoms with Crippen LogP contribution < -0.4 is 0 Å². The van der Waals surface area contributed by atoms with Gasteiger partial charge in [0.25, 0.3) is 0 Å². The first-order valence-corrected chi connectivity index (χ1v) is 5.10. The molecule has 0 aromatic rings. The number of ether oxygens (including phenoxy) is 1. The van der Waals surface area contributed by atoms with Crippen LogP contribution in [0.15, 0.2) is 0 Å². The Morgan fingerprint density at radius 2 is 1.27 bits per heavy atom. The summed E-state index contributed by atoms with van der Waals surface area (Å²) in [6.07, 6.45) is 6.79.